The molecule has 0 aliphatic rings. The molecule has 0 bridgehead atoms. The van der Waals surface area contributed by atoms with E-state index in [2.05, 4.69) is 41.2 Å². The van der Waals surface area contributed by atoms with Crippen molar-refractivity contribution in [2.45, 2.75) is 33.7 Å². The molecule has 0 fully saturated rings. The van der Waals surface area contributed by atoms with Crippen LogP contribution < -0.4 is 0 Å². The zero-order valence-corrected chi connectivity index (χ0v) is 13.6. The fraction of sp³-hybridized carbons (Fsp3) is 0.562. The molecule has 0 unspecified atom stereocenters. The quantitative estimate of drug-likeness (QED) is 0.846. The van der Waals surface area contributed by atoms with Crippen LogP contribution >= 0.6 is 0 Å². The highest BCUT2D eigenvalue weighted by molar-refractivity contribution is 5.30. The molecular formula is C16H25N5O. The van der Waals surface area contributed by atoms with Crippen LogP contribution in [0.25, 0.3) is 5.69 Å². The van der Waals surface area contributed by atoms with Gasteiger partial charge in [0.1, 0.15) is 0 Å². The maximum absolute atomic E-state index is 9.10. The van der Waals surface area contributed by atoms with Crippen molar-refractivity contribution < 1.29 is 5.11 Å². The standard InChI is InChI=1S/C16H25N5O/c1-16(2,3)13-20(10-7-11-22)12-15-17-18-19-21(15)14-8-5-4-6-9-14/h4-6,8-9,22H,7,10-13H2,1-3H3. The van der Waals surface area contributed by atoms with Gasteiger partial charge in [0.25, 0.3) is 0 Å². The molecule has 0 saturated heterocycles. The summed E-state index contributed by atoms with van der Waals surface area (Å²) in [6.45, 7) is 9.24. The summed E-state index contributed by atoms with van der Waals surface area (Å²) in [5, 5.41) is 21.2. The second-order valence-electron chi connectivity index (χ2n) is 6.69. The lowest BCUT2D eigenvalue weighted by atomic mass is 9.96. The molecule has 0 saturated carbocycles. The first-order valence-electron chi connectivity index (χ1n) is 7.65. The predicted octanol–water partition coefficient (Wildman–Crippen LogP) is 1.89. The van der Waals surface area contributed by atoms with Crippen LogP contribution in [0.2, 0.25) is 0 Å². The molecule has 0 aliphatic carbocycles. The van der Waals surface area contributed by atoms with Crippen LogP contribution in [-0.4, -0.2) is 49.9 Å². The van der Waals surface area contributed by atoms with Crippen LogP contribution in [0.5, 0.6) is 0 Å². The topological polar surface area (TPSA) is 67.1 Å². The normalized spacial score (nSPS) is 12.0. The Bertz CT molecular complexity index is 561. The molecule has 2 aromatic rings. The minimum atomic E-state index is 0.181. The summed E-state index contributed by atoms with van der Waals surface area (Å²) in [4.78, 5) is 2.29. The third-order valence-electron chi connectivity index (χ3n) is 3.23. The Morgan fingerprint density at radius 1 is 1.18 bits per heavy atom. The van der Waals surface area contributed by atoms with E-state index in [0.717, 1.165) is 31.0 Å². The number of tetrazole rings is 1. The Hall–Kier alpha value is -1.79. The minimum absolute atomic E-state index is 0.181. The van der Waals surface area contributed by atoms with Gasteiger partial charge in [-0.1, -0.05) is 39.0 Å². The van der Waals surface area contributed by atoms with E-state index in [1.54, 1.807) is 4.68 Å². The fourth-order valence-electron chi connectivity index (χ4n) is 2.45. The Morgan fingerprint density at radius 2 is 1.91 bits per heavy atom. The maximum atomic E-state index is 9.10. The minimum Gasteiger partial charge on any atom is -0.396 e. The van der Waals surface area contributed by atoms with Gasteiger partial charge < -0.3 is 5.11 Å². The van der Waals surface area contributed by atoms with E-state index >= 15 is 0 Å². The van der Waals surface area contributed by atoms with Crippen molar-refractivity contribution in [1.29, 1.82) is 0 Å². The van der Waals surface area contributed by atoms with Gasteiger partial charge in [-0.2, -0.15) is 4.68 Å². The summed E-state index contributed by atoms with van der Waals surface area (Å²) in [6.07, 6.45) is 0.753. The van der Waals surface area contributed by atoms with Crippen LogP contribution in [0.4, 0.5) is 0 Å². The largest absolute Gasteiger partial charge is 0.396 e. The van der Waals surface area contributed by atoms with Gasteiger partial charge >= 0.3 is 0 Å². The van der Waals surface area contributed by atoms with E-state index < -0.39 is 0 Å². The zero-order valence-electron chi connectivity index (χ0n) is 13.6. The number of benzene rings is 1. The molecule has 6 nitrogen and oxygen atoms in total. The van der Waals surface area contributed by atoms with Gasteiger partial charge in [-0.15, -0.1) is 5.10 Å². The van der Waals surface area contributed by atoms with E-state index in [1.807, 2.05) is 30.3 Å². The van der Waals surface area contributed by atoms with Crippen molar-refractivity contribution in [3.8, 4) is 5.69 Å². The number of rotatable bonds is 7. The van der Waals surface area contributed by atoms with Crippen LogP contribution in [0.15, 0.2) is 30.3 Å². The van der Waals surface area contributed by atoms with Crippen molar-refractivity contribution in [3.05, 3.63) is 36.2 Å². The third kappa shape index (κ3) is 4.89. The van der Waals surface area contributed by atoms with Crippen molar-refractivity contribution in [1.82, 2.24) is 25.1 Å². The zero-order chi connectivity index (χ0) is 16.0. The van der Waals surface area contributed by atoms with Gasteiger partial charge in [-0.05, 0) is 34.4 Å². The van der Waals surface area contributed by atoms with E-state index in [9.17, 15) is 0 Å². The molecule has 1 aromatic heterocycles. The van der Waals surface area contributed by atoms with Crippen molar-refractivity contribution in [3.63, 3.8) is 0 Å². The second-order valence-corrected chi connectivity index (χ2v) is 6.69. The number of para-hydroxylation sites is 1. The smallest absolute Gasteiger partial charge is 0.170 e. The molecule has 1 N–H and O–H groups in total. The van der Waals surface area contributed by atoms with E-state index in [4.69, 9.17) is 5.11 Å². The monoisotopic (exact) mass is 303 g/mol. The molecule has 120 valence electrons. The van der Waals surface area contributed by atoms with Gasteiger partial charge in [0, 0.05) is 19.7 Å². The Labute approximate surface area is 131 Å². The summed E-state index contributed by atoms with van der Waals surface area (Å²) < 4.78 is 1.77. The Morgan fingerprint density at radius 3 is 2.55 bits per heavy atom. The van der Waals surface area contributed by atoms with Crippen molar-refractivity contribution in [2.75, 3.05) is 19.7 Å². The van der Waals surface area contributed by atoms with Crippen LogP contribution in [0, 0.1) is 5.41 Å². The summed E-state index contributed by atoms with van der Waals surface area (Å²) >= 11 is 0. The van der Waals surface area contributed by atoms with Gasteiger partial charge in [0.15, 0.2) is 5.82 Å². The number of nitrogens with zero attached hydrogens (tertiary/aromatic N) is 5. The van der Waals surface area contributed by atoms with Gasteiger partial charge in [-0.25, -0.2) is 0 Å². The highest BCUT2D eigenvalue weighted by Crippen LogP contribution is 2.17. The lowest BCUT2D eigenvalue weighted by molar-refractivity contribution is 0.162. The maximum Gasteiger partial charge on any atom is 0.170 e. The number of hydrogen-bond donors (Lipinski definition) is 1. The molecule has 1 aromatic carbocycles. The molecule has 0 atom stereocenters. The van der Waals surface area contributed by atoms with Gasteiger partial charge in [-0.3, -0.25) is 4.90 Å². The number of hydrogen-bond acceptors (Lipinski definition) is 5. The number of aliphatic hydroxyl groups is 1. The van der Waals surface area contributed by atoms with E-state index in [-0.39, 0.29) is 12.0 Å². The third-order valence-corrected chi connectivity index (χ3v) is 3.23. The number of aromatic nitrogens is 4. The van der Waals surface area contributed by atoms with Gasteiger partial charge in [0.2, 0.25) is 0 Å². The summed E-state index contributed by atoms with van der Waals surface area (Å²) in [5.41, 5.74) is 1.14. The molecule has 22 heavy (non-hydrogen) atoms. The first-order chi connectivity index (χ1) is 10.5. The summed E-state index contributed by atoms with van der Waals surface area (Å²) in [7, 11) is 0. The highest BCUT2D eigenvalue weighted by Gasteiger charge is 2.19. The molecule has 0 aliphatic heterocycles. The summed E-state index contributed by atoms with van der Waals surface area (Å²) in [5.74, 6) is 0.813. The first-order valence-corrected chi connectivity index (χ1v) is 7.65. The predicted molar refractivity (Wildman–Crippen MR) is 85.6 cm³/mol. The average Bonchev–Trinajstić information content (AvgIpc) is 2.92. The van der Waals surface area contributed by atoms with Crippen LogP contribution in [0.3, 0.4) is 0 Å². The molecule has 6 heteroatoms. The fourth-order valence-corrected chi connectivity index (χ4v) is 2.45. The van der Waals surface area contributed by atoms with E-state index in [1.165, 1.54) is 0 Å². The molecule has 0 spiro atoms. The van der Waals surface area contributed by atoms with Crippen molar-refractivity contribution in [2.24, 2.45) is 5.41 Å². The first kappa shape index (κ1) is 16.6. The molecule has 0 amide bonds. The van der Waals surface area contributed by atoms with Gasteiger partial charge in [0.05, 0.1) is 12.2 Å². The molecular weight excluding hydrogens is 278 g/mol. The Balaban J connectivity index is 2.15. The molecule has 1 heterocycles. The summed E-state index contributed by atoms with van der Waals surface area (Å²) in [6, 6.07) is 9.89. The van der Waals surface area contributed by atoms with E-state index in [0.29, 0.717) is 6.54 Å². The van der Waals surface area contributed by atoms with Crippen molar-refractivity contribution >= 4 is 0 Å². The molecule has 2 rings (SSSR count). The SMILES string of the molecule is CC(C)(C)CN(CCCO)Cc1nnnn1-c1ccccc1. The lowest BCUT2D eigenvalue weighted by Crippen LogP contribution is -2.34. The Kier molecular flexibility index (Phi) is 5.63. The van der Waals surface area contributed by atoms with Crippen LogP contribution in [-0.2, 0) is 6.54 Å². The lowest BCUT2D eigenvalue weighted by Gasteiger charge is -2.29. The highest BCUT2D eigenvalue weighted by atomic mass is 16.3. The average molecular weight is 303 g/mol. The second kappa shape index (κ2) is 7.47. The van der Waals surface area contributed by atoms with Crippen LogP contribution in [0.1, 0.15) is 33.0 Å². The molecule has 0 radical (unpaired) electrons. The number of aliphatic hydroxyl groups excluding tert-OH is 1.